The summed E-state index contributed by atoms with van der Waals surface area (Å²) in [6.45, 7) is 0. The smallest absolute Gasteiger partial charge is 0.153 e. The molecule has 0 aliphatic rings. The fourth-order valence-corrected chi connectivity index (χ4v) is 2.13. The van der Waals surface area contributed by atoms with Gasteiger partial charge in [-0.1, -0.05) is 17.7 Å². The second-order valence-corrected chi connectivity index (χ2v) is 4.72. The molecule has 0 bridgehead atoms. The van der Waals surface area contributed by atoms with Gasteiger partial charge in [-0.25, -0.2) is 14.1 Å². The number of carbonyl (C=O) groups excluding carboxylic acids is 1. The average Bonchev–Trinajstić information content (AvgIpc) is 2.95. The molecule has 0 aliphatic heterocycles. The fourth-order valence-electron chi connectivity index (χ4n) is 1.95. The third-order valence-corrected chi connectivity index (χ3v) is 3.24. The van der Waals surface area contributed by atoms with Crippen LogP contribution in [0.3, 0.4) is 0 Å². The molecule has 3 rings (SSSR count). The average molecular weight is 302 g/mol. The van der Waals surface area contributed by atoms with Gasteiger partial charge >= 0.3 is 0 Å². The van der Waals surface area contributed by atoms with Crippen molar-refractivity contribution in [1.82, 2.24) is 14.8 Å². The summed E-state index contributed by atoms with van der Waals surface area (Å²) in [6.07, 6.45) is 3.90. The van der Waals surface area contributed by atoms with Crippen molar-refractivity contribution in [1.29, 1.82) is 0 Å². The lowest BCUT2D eigenvalue weighted by molar-refractivity contribution is 0.112. The maximum absolute atomic E-state index is 13.2. The van der Waals surface area contributed by atoms with Crippen molar-refractivity contribution >= 4 is 17.9 Å². The van der Waals surface area contributed by atoms with Crippen LogP contribution in [0.15, 0.2) is 48.8 Å². The van der Waals surface area contributed by atoms with Gasteiger partial charge in [-0.3, -0.25) is 4.79 Å². The van der Waals surface area contributed by atoms with Crippen LogP contribution < -0.4 is 0 Å². The van der Waals surface area contributed by atoms with Crippen LogP contribution in [0, 0.1) is 5.82 Å². The molecule has 0 saturated carbocycles. The van der Waals surface area contributed by atoms with Crippen LogP contribution in [-0.2, 0) is 0 Å². The number of hydrogen-bond donors (Lipinski definition) is 0. The molecule has 2 aromatic heterocycles. The largest absolute Gasteiger partial charge is 0.298 e. The van der Waals surface area contributed by atoms with Crippen molar-refractivity contribution < 1.29 is 9.18 Å². The molecule has 0 saturated heterocycles. The van der Waals surface area contributed by atoms with Crippen LogP contribution in [0.1, 0.15) is 10.4 Å². The van der Waals surface area contributed by atoms with E-state index >= 15 is 0 Å². The maximum atomic E-state index is 13.2. The third-order valence-electron chi connectivity index (χ3n) is 2.95. The van der Waals surface area contributed by atoms with E-state index in [0.717, 1.165) is 0 Å². The molecule has 0 aliphatic carbocycles. The Hall–Kier alpha value is -2.53. The summed E-state index contributed by atoms with van der Waals surface area (Å²) in [7, 11) is 0. The zero-order valence-electron chi connectivity index (χ0n) is 10.7. The van der Waals surface area contributed by atoms with Gasteiger partial charge in [0.2, 0.25) is 0 Å². The summed E-state index contributed by atoms with van der Waals surface area (Å²) >= 11 is 5.77. The summed E-state index contributed by atoms with van der Waals surface area (Å²) < 4.78 is 14.7. The summed E-state index contributed by atoms with van der Waals surface area (Å²) in [5, 5.41) is 4.32. The Balaban J connectivity index is 2.12. The quantitative estimate of drug-likeness (QED) is 0.695. The number of hydrogen-bond acceptors (Lipinski definition) is 3. The molecule has 1 aromatic carbocycles. The van der Waals surface area contributed by atoms with Crippen LogP contribution in [0.2, 0.25) is 5.02 Å². The molecule has 0 unspecified atom stereocenters. The monoisotopic (exact) mass is 301 g/mol. The summed E-state index contributed by atoms with van der Waals surface area (Å²) in [4.78, 5) is 15.4. The lowest BCUT2D eigenvalue weighted by Gasteiger charge is -2.01. The van der Waals surface area contributed by atoms with E-state index in [1.54, 1.807) is 24.5 Å². The molecule has 6 heteroatoms. The minimum absolute atomic E-state index is 0.0169. The van der Waals surface area contributed by atoms with Gasteiger partial charge in [0, 0.05) is 18.0 Å². The van der Waals surface area contributed by atoms with Crippen molar-refractivity contribution in [2.75, 3.05) is 0 Å². The predicted molar refractivity (Wildman–Crippen MR) is 77.2 cm³/mol. The molecule has 0 amide bonds. The molecule has 4 nitrogen and oxygen atoms in total. The topological polar surface area (TPSA) is 47.8 Å². The van der Waals surface area contributed by atoms with Gasteiger partial charge in [0.25, 0.3) is 0 Å². The molecule has 0 radical (unpaired) electrons. The Bertz CT molecular complexity index is 802. The Morgan fingerprint density at radius 3 is 2.76 bits per heavy atom. The van der Waals surface area contributed by atoms with Crippen molar-refractivity contribution in [3.05, 3.63) is 65.2 Å². The molecule has 0 fully saturated rings. The van der Waals surface area contributed by atoms with Gasteiger partial charge in [-0.2, -0.15) is 5.10 Å². The highest BCUT2D eigenvalue weighted by Crippen LogP contribution is 2.26. The van der Waals surface area contributed by atoms with E-state index in [9.17, 15) is 9.18 Å². The minimum atomic E-state index is -0.516. The second kappa shape index (κ2) is 5.46. The standard InChI is InChI=1S/C15H9ClFN3O/c16-12-7-10(4-5-13(12)17)15-11(9-21)8-20(19-15)14-3-1-2-6-18-14/h1-9H. The van der Waals surface area contributed by atoms with E-state index in [2.05, 4.69) is 10.1 Å². The number of aldehydes is 1. The van der Waals surface area contributed by atoms with E-state index in [1.807, 2.05) is 6.07 Å². The highest BCUT2D eigenvalue weighted by atomic mass is 35.5. The highest BCUT2D eigenvalue weighted by molar-refractivity contribution is 6.31. The SMILES string of the molecule is O=Cc1cn(-c2ccccn2)nc1-c1ccc(F)c(Cl)c1. The molecule has 104 valence electrons. The number of nitrogens with zero attached hydrogens (tertiary/aromatic N) is 3. The Kier molecular flexibility index (Phi) is 3.50. The Labute approximate surface area is 124 Å². The van der Waals surface area contributed by atoms with Crippen LogP contribution in [0.25, 0.3) is 17.1 Å². The third kappa shape index (κ3) is 2.55. The highest BCUT2D eigenvalue weighted by Gasteiger charge is 2.13. The molecule has 2 heterocycles. The van der Waals surface area contributed by atoms with E-state index in [-0.39, 0.29) is 5.02 Å². The van der Waals surface area contributed by atoms with Crippen molar-refractivity contribution in [3.8, 4) is 17.1 Å². The first-order chi connectivity index (χ1) is 10.2. The van der Waals surface area contributed by atoms with Crippen LogP contribution in [0.5, 0.6) is 0 Å². The molecule has 0 atom stereocenters. The van der Waals surface area contributed by atoms with Gasteiger partial charge in [0.1, 0.15) is 11.5 Å². The number of benzene rings is 1. The zero-order chi connectivity index (χ0) is 14.8. The van der Waals surface area contributed by atoms with Gasteiger partial charge in [0.15, 0.2) is 12.1 Å². The van der Waals surface area contributed by atoms with Gasteiger partial charge in [-0.05, 0) is 30.3 Å². The summed E-state index contributed by atoms with van der Waals surface area (Å²) in [5.41, 5.74) is 1.37. The zero-order valence-corrected chi connectivity index (χ0v) is 11.5. The van der Waals surface area contributed by atoms with E-state index < -0.39 is 5.82 Å². The van der Waals surface area contributed by atoms with E-state index in [1.165, 1.54) is 22.9 Å². The first kappa shape index (κ1) is 13.5. The lowest BCUT2D eigenvalue weighted by atomic mass is 10.1. The van der Waals surface area contributed by atoms with E-state index in [0.29, 0.717) is 28.9 Å². The minimum Gasteiger partial charge on any atom is -0.298 e. The molecule has 21 heavy (non-hydrogen) atoms. The van der Waals surface area contributed by atoms with Crippen LogP contribution >= 0.6 is 11.6 Å². The normalized spacial score (nSPS) is 10.6. The number of carbonyl (C=O) groups is 1. The maximum Gasteiger partial charge on any atom is 0.153 e. The summed E-state index contributed by atoms with van der Waals surface area (Å²) in [5.74, 6) is 0.0669. The summed E-state index contributed by atoms with van der Waals surface area (Å²) in [6, 6.07) is 9.58. The first-order valence-electron chi connectivity index (χ1n) is 6.10. The molecular weight excluding hydrogens is 293 g/mol. The van der Waals surface area contributed by atoms with Crippen molar-refractivity contribution in [2.24, 2.45) is 0 Å². The lowest BCUT2D eigenvalue weighted by Crippen LogP contribution is -1.97. The Morgan fingerprint density at radius 2 is 2.10 bits per heavy atom. The first-order valence-corrected chi connectivity index (χ1v) is 6.48. The molecule has 0 N–H and O–H groups in total. The second-order valence-electron chi connectivity index (χ2n) is 4.31. The van der Waals surface area contributed by atoms with Gasteiger partial charge in [0.05, 0.1) is 10.6 Å². The number of halogens is 2. The fraction of sp³-hybridized carbons (Fsp3) is 0. The molecule has 0 spiro atoms. The number of rotatable bonds is 3. The van der Waals surface area contributed by atoms with E-state index in [4.69, 9.17) is 11.6 Å². The van der Waals surface area contributed by atoms with Gasteiger partial charge < -0.3 is 0 Å². The van der Waals surface area contributed by atoms with Crippen molar-refractivity contribution in [2.45, 2.75) is 0 Å². The van der Waals surface area contributed by atoms with Crippen LogP contribution in [0.4, 0.5) is 4.39 Å². The van der Waals surface area contributed by atoms with Crippen LogP contribution in [-0.4, -0.2) is 21.1 Å². The number of aromatic nitrogens is 3. The number of pyridine rings is 1. The Morgan fingerprint density at radius 1 is 1.24 bits per heavy atom. The molecular formula is C15H9ClFN3O. The van der Waals surface area contributed by atoms with Crippen molar-refractivity contribution in [3.63, 3.8) is 0 Å². The molecule has 3 aromatic rings. The van der Waals surface area contributed by atoms with Gasteiger partial charge in [-0.15, -0.1) is 0 Å². The predicted octanol–water partition coefficient (Wildman–Crippen LogP) is 3.54.